The first-order valence-electron chi connectivity index (χ1n) is 12.6. The minimum atomic E-state index is -0.685. The Kier molecular flexibility index (Phi) is 5.85. The molecular weight excluding hydrogens is 507 g/mol. The highest BCUT2D eigenvalue weighted by Crippen LogP contribution is 2.44. The average molecular weight is 535 g/mol. The number of phenols is 1. The van der Waals surface area contributed by atoms with Crippen LogP contribution >= 0.6 is 11.6 Å². The summed E-state index contributed by atoms with van der Waals surface area (Å²) in [7, 11) is 1.65. The standard InChI is InChI=1S/C29H28ClFN4O3/c1-17-26(34-15-18-5-6-29(38,13-18)16-34)10-20(14-32-17)23-12-21(31)11-22(27(23)36)19-3-4-25(24(30)9-19)35-8-7-33(2)28(35)37/h3-4,7-12,14,18,36,38H,5-6,13,15-16H2,1-2H3. The lowest BCUT2D eigenvalue weighted by atomic mass is 9.93. The third-order valence-corrected chi connectivity index (χ3v) is 8.21. The first-order chi connectivity index (χ1) is 18.1. The summed E-state index contributed by atoms with van der Waals surface area (Å²) >= 11 is 6.53. The molecule has 0 radical (unpaired) electrons. The van der Waals surface area contributed by atoms with Gasteiger partial charge in [0, 0.05) is 55.4 Å². The number of aryl methyl sites for hydroxylation is 2. The van der Waals surface area contributed by atoms with Gasteiger partial charge in [-0.2, -0.15) is 0 Å². The summed E-state index contributed by atoms with van der Waals surface area (Å²) in [4.78, 5) is 19.1. The number of hydrogen-bond acceptors (Lipinski definition) is 5. The number of aromatic hydroxyl groups is 1. The number of aliphatic hydroxyl groups is 1. The number of halogens is 2. The van der Waals surface area contributed by atoms with Gasteiger partial charge >= 0.3 is 5.69 Å². The maximum absolute atomic E-state index is 14.9. The van der Waals surface area contributed by atoms with Crippen LogP contribution in [0.5, 0.6) is 5.75 Å². The topological polar surface area (TPSA) is 83.5 Å². The van der Waals surface area contributed by atoms with Gasteiger partial charge in [0.1, 0.15) is 11.6 Å². The maximum atomic E-state index is 14.9. The predicted octanol–water partition coefficient (Wildman–Crippen LogP) is 5.06. The molecule has 196 valence electrons. The number of nitrogens with zero attached hydrogens (tertiary/aromatic N) is 4. The number of β-amino-alcohol motifs (C(OH)–C–C–N with tert-alkyl or cyclic N) is 1. The van der Waals surface area contributed by atoms with Crippen molar-refractivity contribution in [1.82, 2.24) is 14.1 Å². The van der Waals surface area contributed by atoms with Crippen LogP contribution in [0.3, 0.4) is 0 Å². The molecule has 9 heteroatoms. The predicted molar refractivity (Wildman–Crippen MR) is 146 cm³/mol. The molecule has 2 N–H and O–H groups in total. The Morgan fingerprint density at radius 1 is 1.11 bits per heavy atom. The molecule has 2 aromatic heterocycles. The van der Waals surface area contributed by atoms with E-state index in [1.165, 1.54) is 21.3 Å². The quantitative estimate of drug-likeness (QED) is 0.382. The van der Waals surface area contributed by atoms with E-state index in [0.717, 1.165) is 37.2 Å². The summed E-state index contributed by atoms with van der Waals surface area (Å²) < 4.78 is 17.8. The summed E-state index contributed by atoms with van der Waals surface area (Å²) in [6, 6.07) is 9.44. The largest absolute Gasteiger partial charge is 0.507 e. The van der Waals surface area contributed by atoms with Gasteiger partial charge in [0.25, 0.3) is 0 Å². The minimum Gasteiger partial charge on any atom is -0.507 e. The van der Waals surface area contributed by atoms with Crippen molar-refractivity contribution in [1.29, 1.82) is 0 Å². The van der Waals surface area contributed by atoms with E-state index < -0.39 is 11.4 Å². The molecule has 3 heterocycles. The number of piperidine rings is 1. The van der Waals surface area contributed by atoms with Crippen LogP contribution in [0.25, 0.3) is 27.9 Å². The molecule has 0 spiro atoms. The minimum absolute atomic E-state index is 0.0963. The fraction of sp³-hybridized carbons (Fsp3) is 0.310. The monoisotopic (exact) mass is 534 g/mol. The highest BCUT2D eigenvalue weighted by molar-refractivity contribution is 6.32. The van der Waals surface area contributed by atoms with Crippen LogP contribution in [0.4, 0.5) is 10.1 Å². The van der Waals surface area contributed by atoms with E-state index in [4.69, 9.17) is 11.6 Å². The molecule has 2 fully saturated rings. The number of hydrogen-bond donors (Lipinski definition) is 2. The third-order valence-electron chi connectivity index (χ3n) is 7.90. The first kappa shape index (κ1) is 24.7. The Labute approximate surface area is 224 Å². The van der Waals surface area contributed by atoms with E-state index >= 15 is 0 Å². The molecule has 7 nitrogen and oxygen atoms in total. The highest BCUT2D eigenvalue weighted by atomic mass is 35.5. The van der Waals surface area contributed by atoms with Gasteiger partial charge in [-0.15, -0.1) is 0 Å². The molecule has 2 unspecified atom stereocenters. The van der Waals surface area contributed by atoms with Crippen molar-refractivity contribution in [3.05, 3.63) is 82.0 Å². The number of pyridine rings is 1. The molecule has 1 aliphatic heterocycles. The van der Waals surface area contributed by atoms with Crippen molar-refractivity contribution < 1.29 is 14.6 Å². The van der Waals surface area contributed by atoms with Gasteiger partial charge < -0.3 is 19.7 Å². The SMILES string of the molecule is Cc1ncc(-c2cc(F)cc(-c3ccc(-n4ccn(C)c4=O)c(Cl)c3)c2O)cc1N1CC2CCC(O)(C2)C1. The Bertz CT molecular complexity index is 1630. The van der Waals surface area contributed by atoms with Gasteiger partial charge in [-0.25, -0.2) is 9.18 Å². The normalized spacial score (nSPS) is 20.8. The van der Waals surface area contributed by atoms with Gasteiger partial charge in [-0.05, 0) is 68.0 Å². The number of rotatable bonds is 4. The molecule has 6 rings (SSSR count). The lowest BCUT2D eigenvalue weighted by Gasteiger charge is -2.39. The van der Waals surface area contributed by atoms with E-state index in [1.807, 2.05) is 13.0 Å². The fourth-order valence-electron chi connectivity index (χ4n) is 5.97. The van der Waals surface area contributed by atoms with Crippen molar-refractivity contribution in [2.24, 2.45) is 13.0 Å². The van der Waals surface area contributed by atoms with Crippen LogP contribution in [0.15, 0.2) is 59.8 Å². The third kappa shape index (κ3) is 4.18. The number of benzene rings is 2. The Hall–Kier alpha value is -3.62. The summed E-state index contributed by atoms with van der Waals surface area (Å²) in [5.74, 6) is -0.175. The van der Waals surface area contributed by atoms with E-state index in [-0.39, 0.29) is 22.0 Å². The fourth-order valence-corrected chi connectivity index (χ4v) is 6.25. The van der Waals surface area contributed by atoms with Crippen LogP contribution in [-0.4, -0.2) is 43.0 Å². The first-order valence-corrected chi connectivity index (χ1v) is 13.0. The summed E-state index contributed by atoms with van der Waals surface area (Å²) in [6.07, 6.45) is 7.51. The average Bonchev–Trinajstić information content (AvgIpc) is 3.36. The van der Waals surface area contributed by atoms with Crippen molar-refractivity contribution in [3.8, 4) is 33.7 Å². The molecule has 2 bridgehead atoms. The zero-order chi connectivity index (χ0) is 26.8. The molecular formula is C29H28ClFN4O3. The lowest BCUT2D eigenvalue weighted by molar-refractivity contribution is 0.0412. The molecule has 2 aromatic carbocycles. The molecule has 2 atom stereocenters. The Morgan fingerprint density at radius 2 is 1.87 bits per heavy atom. The number of phenolic OH excluding ortho intramolecular Hbond substituents is 1. The summed E-state index contributed by atoms with van der Waals surface area (Å²) in [6.45, 7) is 3.29. The lowest BCUT2D eigenvalue weighted by Crippen LogP contribution is -2.47. The molecule has 1 saturated carbocycles. The number of imidazole rings is 1. The van der Waals surface area contributed by atoms with Gasteiger partial charge in [0.15, 0.2) is 0 Å². The van der Waals surface area contributed by atoms with Crippen molar-refractivity contribution >= 4 is 17.3 Å². The van der Waals surface area contributed by atoms with Crippen LogP contribution in [0.1, 0.15) is 25.0 Å². The van der Waals surface area contributed by atoms with Crippen LogP contribution in [0, 0.1) is 18.7 Å². The van der Waals surface area contributed by atoms with Gasteiger partial charge in [-0.1, -0.05) is 17.7 Å². The van der Waals surface area contributed by atoms with Crippen LogP contribution in [-0.2, 0) is 7.05 Å². The van der Waals surface area contributed by atoms with Crippen molar-refractivity contribution in [3.63, 3.8) is 0 Å². The molecule has 1 saturated heterocycles. The number of aromatic nitrogens is 3. The number of fused-ring (bicyclic) bond motifs is 2. The van der Waals surface area contributed by atoms with Crippen LogP contribution in [0.2, 0.25) is 5.02 Å². The Balaban J connectivity index is 1.39. The van der Waals surface area contributed by atoms with Gasteiger partial charge in [0.2, 0.25) is 0 Å². The smallest absolute Gasteiger partial charge is 0.332 e. The zero-order valence-electron chi connectivity index (χ0n) is 21.2. The molecule has 1 aliphatic carbocycles. The Morgan fingerprint density at radius 3 is 2.55 bits per heavy atom. The molecule has 2 aliphatic rings. The second kappa shape index (κ2) is 8.99. The molecule has 38 heavy (non-hydrogen) atoms. The van der Waals surface area contributed by atoms with E-state index in [0.29, 0.717) is 34.8 Å². The number of anilines is 1. The van der Waals surface area contributed by atoms with Crippen molar-refractivity contribution in [2.75, 3.05) is 18.0 Å². The maximum Gasteiger partial charge on any atom is 0.332 e. The van der Waals surface area contributed by atoms with E-state index in [2.05, 4.69) is 9.88 Å². The molecule has 4 aromatic rings. The van der Waals surface area contributed by atoms with Crippen molar-refractivity contribution in [2.45, 2.75) is 31.8 Å². The zero-order valence-corrected chi connectivity index (χ0v) is 21.9. The van der Waals surface area contributed by atoms with Crippen LogP contribution < -0.4 is 10.6 Å². The summed E-state index contributed by atoms with van der Waals surface area (Å²) in [5, 5.41) is 22.5. The highest BCUT2D eigenvalue weighted by Gasteiger charge is 2.44. The second-order valence-corrected chi connectivity index (χ2v) is 11.0. The van der Waals surface area contributed by atoms with Gasteiger partial charge in [-0.3, -0.25) is 9.55 Å². The van der Waals surface area contributed by atoms with E-state index in [1.54, 1.807) is 43.8 Å². The second-order valence-electron chi connectivity index (χ2n) is 10.6. The van der Waals surface area contributed by atoms with E-state index in [9.17, 15) is 19.4 Å². The van der Waals surface area contributed by atoms with Gasteiger partial charge in [0.05, 0.1) is 27.7 Å². The molecule has 0 amide bonds. The summed E-state index contributed by atoms with van der Waals surface area (Å²) in [5.41, 5.74) is 2.92.